The van der Waals surface area contributed by atoms with Crippen LogP contribution in [0.5, 0.6) is 0 Å². The molecule has 92 valence electrons. The highest BCUT2D eigenvalue weighted by molar-refractivity contribution is 5.95. The summed E-state index contributed by atoms with van der Waals surface area (Å²) in [6, 6.07) is 3.67. The predicted octanol–water partition coefficient (Wildman–Crippen LogP) is 2.27. The van der Waals surface area contributed by atoms with Crippen molar-refractivity contribution in [2.75, 3.05) is 23.7 Å². The molecule has 1 heterocycles. The van der Waals surface area contributed by atoms with Gasteiger partial charge in [-0.1, -0.05) is 0 Å². The van der Waals surface area contributed by atoms with Gasteiger partial charge in [0.15, 0.2) is 0 Å². The molecular formula is C13H18N2O2. The Labute approximate surface area is 101 Å². The average Bonchev–Trinajstić information content (AvgIpc) is 2.33. The summed E-state index contributed by atoms with van der Waals surface area (Å²) in [4.78, 5) is 13.3. The van der Waals surface area contributed by atoms with Gasteiger partial charge in [0, 0.05) is 24.5 Å². The first-order valence-electron chi connectivity index (χ1n) is 5.98. The average molecular weight is 234 g/mol. The first-order valence-corrected chi connectivity index (χ1v) is 5.98. The summed E-state index contributed by atoms with van der Waals surface area (Å²) in [7, 11) is 0. The summed E-state index contributed by atoms with van der Waals surface area (Å²) in [6.07, 6.45) is 3.61. The molecule has 0 aromatic heterocycles. The zero-order valence-electron chi connectivity index (χ0n) is 10.1. The van der Waals surface area contributed by atoms with E-state index in [1.54, 1.807) is 6.07 Å². The molecule has 1 aromatic carbocycles. The molecule has 1 aliphatic heterocycles. The number of carboxylic acids is 1. The van der Waals surface area contributed by atoms with E-state index in [1.807, 2.05) is 13.0 Å². The smallest absolute Gasteiger partial charge is 0.337 e. The van der Waals surface area contributed by atoms with Crippen LogP contribution in [0.4, 0.5) is 11.4 Å². The van der Waals surface area contributed by atoms with Crippen LogP contribution in [0.3, 0.4) is 0 Å². The number of benzene rings is 1. The number of carboxylic acid groups (broad SMARTS) is 1. The molecule has 0 saturated carbocycles. The van der Waals surface area contributed by atoms with Gasteiger partial charge in [-0.15, -0.1) is 0 Å². The van der Waals surface area contributed by atoms with E-state index in [9.17, 15) is 4.79 Å². The fraction of sp³-hybridized carbons (Fsp3) is 0.462. The lowest BCUT2D eigenvalue weighted by atomic mass is 10.0. The van der Waals surface area contributed by atoms with Crippen molar-refractivity contribution < 1.29 is 9.90 Å². The number of piperidine rings is 1. The molecule has 17 heavy (non-hydrogen) atoms. The van der Waals surface area contributed by atoms with Crippen molar-refractivity contribution in [3.05, 3.63) is 23.3 Å². The van der Waals surface area contributed by atoms with Crippen LogP contribution >= 0.6 is 0 Å². The van der Waals surface area contributed by atoms with Crippen molar-refractivity contribution in [1.82, 2.24) is 0 Å². The number of carbonyl (C=O) groups is 1. The number of aryl methyl sites for hydroxylation is 1. The second-order valence-electron chi connectivity index (χ2n) is 4.58. The maximum absolute atomic E-state index is 11.1. The SMILES string of the molecule is Cc1cc(N2CCCCC2)cc(C(=O)O)c1N. The quantitative estimate of drug-likeness (QED) is 0.770. The van der Waals surface area contributed by atoms with Gasteiger partial charge in [-0.25, -0.2) is 4.79 Å². The third kappa shape index (κ3) is 2.35. The minimum atomic E-state index is -0.954. The maximum atomic E-state index is 11.1. The lowest BCUT2D eigenvalue weighted by Crippen LogP contribution is -2.29. The normalized spacial score (nSPS) is 15.9. The molecule has 0 radical (unpaired) electrons. The molecule has 3 N–H and O–H groups in total. The number of nitrogens with two attached hydrogens (primary N) is 1. The van der Waals surface area contributed by atoms with E-state index in [0.717, 1.165) is 24.3 Å². The number of nitrogens with zero attached hydrogens (tertiary/aromatic N) is 1. The number of nitrogen functional groups attached to an aromatic ring is 1. The molecule has 0 atom stereocenters. The van der Waals surface area contributed by atoms with Gasteiger partial charge in [0.2, 0.25) is 0 Å². The van der Waals surface area contributed by atoms with E-state index < -0.39 is 5.97 Å². The molecule has 2 rings (SSSR count). The molecule has 4 heteroatoms. The molecule has 0 bridgehead atoms. The predicted molar refractivity (Wildman–Crippen MR) is 68.6 cm³/mol. The third-order valence-corrected chi connectivity index (χ3v) is 3.32. The van der Waals surface area contributed by atoms with Gasteiger partial charge in [0.05, 0.1) is 5.56 Å². The van der Waals surface area contributed by atoms with Crippen LogP contribution in [-0.2, 0) is 0 Å². The van der Waals surface area contributed by atoms with Crippen molar-refractivity contribution in [3.8, 4) is 0 Å². The monoisotopic (exact) mass is 234 g/mol. The van der Waals surface area contributed by atoms with Crippen LogP contribution in [0.2, 0.25) is 0 Å². The standard InChI is InChI=1S/C13H18N2O2/c1-9-7-10(15-5-3-2-4-6-15)8-11(12(9)14)13(16)17/h7-8H,2-6,14H2,1H3,(H,16,17). The van der Waals surface area contributed by atoms with Crippen molar-refractivity contribution in [2.45, 2.75) is 26.2 Å². The summed E-state index contributed by atoms with van der Waals surface area (Å²) in [5.74, 6) is -0.954. The van der Waals surface area contributed by atoms with Crippen molar-refractivity contribution >= 4 is 17.3 Å². The molecule has 1 aliphatic rings. The third-order valence-electron chi connectivity index (χ3n) is 3.32. The van der Waals surface area contributed by atoms with Crippen LogP contribution in [0, 0.1) is 6.92 Å². The van der Waals surface area contributed by atoms with Crippen LogP contribution < -0.4 is 10.6 Å². The number of hydrogen-bond acceptors (Lipinski definition) is 3. The maximum Gasteiger partial charge on any atom is 0.337 e. The Hall–Kier alpha value is -1.71. The fourth-order valence-corrected chi connectivity index (χ4v) is 2.29. The summed E-state index contributed by atoms with van der Waals surface area (Å²) in [5, 5.41) is 9.11. The highest BCUT2D eigenvalue weighted by atomic mass is 16.4. The van der Waals surface area contributed by atoms with Gasteiger partial charge >= 0.3 is 5.97 Å². The summed E-state index contributed by atoms with van der Waals surface area (Å²) >= 11 is 0. The van der Waals surface area contributed by atoms with Crippen LogP contribution in [-0.4, -0.2) is 24.2 Å². The van der Waals surface area contributed by atoms with Gasteiger partial charge in [0.25, 0.3) is 0 Å². The second-order valence-corrected chi connectivity index (χ2v) is 4.58. The van der Waals surface area contributed by atoms with Crippen molar-refractivity contribution in [1.29, 1.82) is 0 Å². The van der Waals surface area contributed by atoms with E-state index in [1.165, 1.54) is 19.3 Å². The Kier molecular flexibility index (Phi) is 3.22. The number of aromatic carboxylic acids is 1. The summed E-state index contributed by atoms with van der Waals surface area (Å²) in [5.41, 5.74) is 8.19. The van der Waals surface area contributed by atoms with Crippen molar-refractivity contribution in [2.24, 2.45) is 0 Å². The highest BCUT2D eigenvalue weighted by Crippen LogP contribution is 2.27. The molecule has 1 fully saturated rings. The zero-order chi connectivity index (χ0) is 12.4. The largest absolute Gasteiger partial charge is 0.478 e. The van der Waals surface area contributed by atoms with Gasteiger partial charge in [0.1, 0.15) is 0 Å². The van der Waals surface area contributed by atoms with Crippen LogP contribution in [0.15, 0.2) is 12.1 Å². The Bertz CT molecular complexity index is 437. The molecule has 0 amide bonds. The molecule has 1 aromatic rings. The van der Waals surface area contributed by atoms with E-state index in [4.69, 9.17) is 10.8 Å². The first-order chi connectivity index (χ1) is 8.09. The van der Waals surface area contributed by atoms with E-state index in [2.05, 4.69) is 4.90 Å². The summed E-state index contributed by atoms with van der Waals surface area (Å²) in [6.45, 7) is 3.86. The summed E-state index contributed by atoms with van der Waals surface area (Å²) < 4.78 is 0. The topological polar surface area (TPSA) is 66.6 Å². The Morgan fingerprint density at radius 3 is 2.53 bits per heavy atom. The Morgan fingerprint density at radius 1 is 1.29 bits per heavy atom. The second kappa shape index (κ2) is 4.65. The Morgan fingerprint density at radius 2 is 1.94 bits per heavy atom. The fourth-order valence-electron chi connectivity index (χ4n) is 2.29. The first kappa shape index (κ1) is 11.8. The molecule has 1 saturated heterocycles. The van der Waals surface area contributed by atoms with Crippen molar-refractivity contribution in [3.63, 3.8) is 0 Å². The lowest BCUT2D eigenvalue weighted by molar-refractivity contribution is 0.0698. The number of hydrogen-bond donors (Lipinski definition) is 2. The van der Waals surface area contributed by atoms with Crippen LogP contribution in [0.1, 0.15) is 35.2 Å². The van der Waals surface area contributed by atoms with Gasteiger partial charge in [-0.05, 0) is 43.9 Å². The molecule has 0 unspecified atom stereocenters. The minimum absolute atomic E-state index is 0.213. The van der Waals surface area contributed by atoms with E-state index in [-0.39, 0.29) is 5.56 Å². The van der Waals surface area contributed by atoms with Gasteiger partial charge in [-0.3, -0.25) is 0 Å². The molecular weight excluding hydrogens is 216 g/mol. The minimum Gasteiger partial charge on any atom is -0.478 e. The van der Waals surface area contributed by atoms with Gasteiger partial charge in [-0.2, -0.15) is 0 Å². The molecule has 0 aliphatic carbocycles. The Balaban J connectivity index is 2.37. The van der Waals surface area contributed by atoms with E-state index in [0.29, 0.717) is 5.69 Å². The molecule has 0 spiro atoms. The molecule has 4 nitrogen and oxygen atoms in total. The number of rotatable bonds is 2. The van der Waals surface area contributed by atoms with Crippen LogP contribution in [0.25, 0.3) is 0 Å². The number of anilines is 2. The highest BCUT2D eigenvalue weighted by Gasteiger charge is 2.16. The zero-order valence-corrected chi connectivity index (χ0v) is 10.1. The van der Waals surface area contributed by atoms with E-state index >= 15 is 0 Å². The van der Waals surface area contributed by atoms with Gasteiger partial charge < -0.3 is 15.7 Å². The lowest BCUT2D eigenvalue weighted by Gasteiger charge is -2.29.